The Morgan fingerprint density at radius 2 is 1.52 bits per heavy atom. The van der Waals surface area contributed by atoms with Gasteiger partial charge in [0.05, 0.1) is 22.4 Å². The molecule has 0 saturated carbocycles. The first-order valence-electron chi connectivity index (χ1n) is 11.4. The standard InChI is InChI=1S/C30H22N2S/c31-25-12-7-11-20(19-16-17-24-23-10-3-6-15-28(23)33-29(24)18-19)30(25)32-26-13-4-1-8-21(26)22-9-2-5-14-27(22)32/h1-5,7-14,16-18H,6,15,31H2. The topological polar surface area (TPSA) is 30.9 Å². The fourth-order valence-corrected chi connectivity index (χ4v) is 6.57. The molecule has 0 radical (unpaired) electrons. The molecule has 0 amide bonds. The van der Waals surface area contributed by atoms with E-state index in [4.69, 9.17) is 5.73 Å². The molecule has 6 aromatic rings. The Balaban J connectivity index is 1.53. The normalized spacial score (nSPS) is 13.2. The van der Waals surface area contributed by atoms with Gasteiger partial charge in [0.15, 0.2) is 0 Å². The molecule has 7 rings (SSSR count). The van der Waals surface area contributed by atoms with E-state index in [2.05, 4.69) is 95.6 Å². The van der Waals surface area contributed by atoms with Crippen molar-refractivity contribution >= 4 is 55.0 Å². The molecule has 1 aliphatic carbocycles. The highest BCUT2D eigenvalue weighted by atomic mass is 32.1. The van der Waals surface area contributed by atoms with Crippen molar-refractivity contribution in [2.75, 3.05) is 5.73 Å². The van der Waals surface area contributed by atoms with Crippen LogP contribution in [0.2, 0.25) is 0 Å². The maximum atomic E-state index is 6.70. The summed E-state index contributed by atoms with van der Waals surface area (Å²) in [7, 11) is 0. The number of thiophene rings is 1. The molecule has 0 unspecified atom stereocenters. The van der Waals surface area contributed by atoms with Crippen LogP contribution in [0.3, 0.4) is 0 Å². The third-order valence-corrected chi connectivity index (χ3v) is 8.04. The zero-order valence-corrected chi connectivity index (χ0v) is 18.9. The number of allylic oxidation sites excluding steroid dienone is 1. The second-order valence-corrected chi connectivity index (χ2v) is 9.84. The number of para-hydroxylation sites is 3. The van der Waals surface area contributed by atoms with Crippen LogP contribution in [0.15, 0.2) is 91.0 Å². The molecule has 0 atom stereocenters. The van der Waals surface area contributed by atoms with Crippen LogP contribution in [-0.4, -0.2) is 4.57 Å². The van der Waals surface area contributed by atoms with Gasteiger partial charge >= 0.3 is 0 Å². The van der Waals surface area contributed by atoms with Crippen LogP contribution in [0.4, 0.5) is 5.69 Å². The maximum Gasteiger partial charge on any atom is 0.0770 e. The second kappa shape index (κ2) is 7.09. The molecule has 0 saturated heterocycles. The van der Waals surface area contributed by atoms with Gasteiger partial charge in [-0.1, -0.05) is 72.8 Å². The summed E-state index contributed by atoms with van der Waals surface area (Å²) in [6.45, 7) is 0. The lowest BCUT2D eigenvalue weighted by molar-refractivity contribution is 1.02. The van der Waals surface area contributed by atoms with Crippen molar-refractivity contribution in [2.24, 2.45) is 0 Å². The highest BCUT2D eigenvalue weighted by Gasteiger charge is 2.19. The van der Waals surface area contributed by atoms with Gasteiger partial charge in [-0.3, -0.25) is 0 Å². The third kappa shape index (κ3) is 2.73. The molecule has 2 nitrogen and oxygen atoms in total. The monoisotopic (exact) mass is 442 g/mol. The van der Waals surface area contributed by atoms with E-state index in [-0.39, 0.29) is 0 Å². The summed E-state index contributed by atoms with van der Waals surface area (Å²) < 4.78 is 3.68. The Labute approximate surface area is 196 Å². The molecular formula is C30H22N2S. The highest BCUT2D eigenvalue weighted by molar-refractivity contribution is 7.19. The molecule has 3 heteroatoms. The van der Waals surface area contributed by atoms with Crippen molar-refractivity contribution in [3.63, 3.8) is 0 Å². The summed E-state index contributed by atoms with van der Waals surface area (Å²) in [6.07, 6.45) is 6.87. The second-order valence-electron chi connectivity index (χ2n) is 8.70. The first-order chi connectivity index (χ1) is 16.3. The van der Waals surface area contributed by atoms with Gasteiger partial charge in [-0.05, 0) is 53.6 Å². The van der Waals surface area contributed by atoms with Gasteiger partial charge in [0.1, 0.15) is 0 Å². The van der Waals surface area contributed by atoms with E-state index < -0.39 is 0 Å². The maximum absolute atomic E-state index is 6.70. The van der Waals surface area contributed by atoms with Gasteiger partial charge in [0.2, 0.25) is 0 Å². The van der Waals surface area contributed by atoms with E-state index >= 15 is 0 Å². The van der Waals surface area contributed by atoms with Crippen LogP contribution in [0.1, 0.15) is 16.9 Å². The van der Waals surface area contributed by atoms with E-state index in [0.29, 0.717) is 0 Å². The van der Waals surface area contributed by atoms with Crippen LogP contribution >= 0.6 is 11.3 Å². The van der Waals surface area contributed by atoms with Gasteiger partial charge in [0.25, 0.3) is 0 Å². The minimum Gasteiger partial charge on any atom is -0.397 e. The molecule has 33 heavy (non-hydrogen) atoms. The predicted octanol–water partition coefficient (Wildman–Crippen LogP) is 8.21. The lowest BCUT2D eigenvalue weighted by atomic mass is 9.98. The van der Waals surface area contributed by atoms with E-state index in [1.54, 1.807) is 0 Å². The number of nitrogens with zero attached hydrogens (tertiary/aromatic N) is 1. The summed E-state index contributed by atoms with van der Waals surface area (Å²) in [5, 5.41) is 3.85. The first-order valence-corrected chi connectivity index (χ1v) is 12.2. The fraction of sp³-hybridized carbons (Fsp3) is 0.0667. The Morgan fingerprint density at radius 3 is 2.30 bits per heavy atom. The molecule has 1 aliphatic rings. The molecule has 0 aliphatic heterocycles. The summed E-state index contributed by atoms with van der Waals surface area (Å²) in [6, 6.07) is 30.3. The largest absolute Gasteiger partial charge is 0.397 e. The van der Waals surface area contributed by atoms with E-state index in [1.165, 1.54) is 47.9 Å². The Kier molecular flexibility index (Phi) is 4.02. The molecule has 2 heterocycles. The van der Waals surface area contributed by atoms with Gasteiger partial charge in [-0.15, -0.1) is 11.3 Å². The molecule has 0 fully saturated rings. The number of nitrogens with two attached hydrogens (primary N) is 1. The summed E-state index contributed by atoms with van der Waals surface area (Å²) in [5.74, 6) is 0. The Morgan fingerprint density at radius 1 is 0.758 bits per heavy atom. The SMILES string of the molecule is Nc1cccc(-c2ccc3c4c(sc3c2)CCC=C4)c1-n1c2ccccc2c2ccccc21. The summed E-state index contributed by atoms with van der Waals surface area (Å²) in [5.41, 5.74) is 14.7. The van der Waals surface area contributed by atoms with Crippen LogP contribution in [0, 0.1) is 0 Å². The highest BCUT2D eigenvalue weighted by Crippen LogP contribution is 2.41. The van der Waals surface area contributed by atoms with Crippen LogP contribution in [-0.2, 0) is 6.42 Å². The number of hydrogen-bond acceptors (Lipinski definition) is 2. The molecule has 158 valence electrons. The van der Waals surface area contributed by atoms with Crippen molar-refractivity contribution in [3.8, 4) is 16.8 Å². The lowest BCUT2D eigenvalue weighted by Crippen LogP contribution is -2.02. The van der Waals surface area contributed by atoms with Gasteiger partial charge < -0.3 is 10.3 Å². The average molecular weight is 443 g/mol. The molecule has 4 aromatic carbocycles. The van der Waals surface area contributed by atoms with Crippen molar-refractivity contribution in [1.82, 2.24) is 4.57 Å². The zero-order valence-electron chi connectivity index (χ0n) is 18.1. The molecule has 2 N–H and O–H groups in total. The van der Waals surface area contributed by atoms with Crippen LogP contribution in [0.25, 0.3) is 54.8 Å². The van der Waals surface area contributed by atoms with Gasteiger partial charge in [0, 0.05) is 25.9 Å². The number of hydrogen-bond donors (Lipinski definition) is 1. The van der Waals surface area contributed by atoms with E-state index in [1.807, 2.05) is 17.4 Å². The van der Waals surface area contributed by atoms with Crippen molar-refractivity contribution in [3.05, 3.63) is 101 Å². The minimum atomic E-state index is 0.785. The van der Waals surface area contributed by atoms with Crippen LogP contribution in [0.5, 0.6) is 0 Å². The van der Waals surface area contributed by atoms with Gasteiger partial charge in [-0.25, -0.2) is 0 Å². The Bertz CT molecular complexity index is 1680. The smallest absolute Gasteiger partial charge is 0.0770 e. The Hall–Kier alpha value is -3.82. The molecule has 0 bridgehead atoms. The minimum absolute atomic E-state index is 0.785. The van der Waals surface area contributed by atoms with Crippen molar-refractivity contribution in [2.45, 2.75) is 12.8 Å². The zero-order chi connectivity index (χ0) is 21.9. The number of fused-ring (bicyclic) bond motifs is 6. The number of nitrogen functional groups attached to an aromatic ring is 1. The number of aromatic nitrogens is 1. The van der Waals surface area contributed by atoms with Crippen molar-refractivity contribution < 1.29 is 0 Å². The van der Waals surface area contributed by atoms with E-state index in [0.717, 1.165) is 29.8 Å². The number of rotatable bonds is 2. The summed E-state index contributed by atoms with van der Waals surface area (Å²) >= 11 is 1.93. The number of anilines is 1. The van der Waals surface area contributed by atoms with Crippen LogP contribution < -0.4 is 5.73 Å². The number of aryl methyl sites for hydroxylation is 1. The lowest BCUT2D eigenvalue weighted by Gasteiger charge is -2.16. The average Bonchev–Trinajstić information content (AvgIpc) is 3.39. The number of benzene rings is 4. The molecule has 2 aromatic heterocycles. The predicted molar refractivity (Wildman–Crippen MR) is 143 cm³/mol. The van der Waals surface area contributed by atoms with Crippen molar-refractivity contribution in [1.29, 1.82) is 0 Å². The fourth-order valence-electron chi connectivity index (χ4n) is 5.33. The third-order valence-electron chi connectivity index (χ3n) is 6.81. The van der Waals surface area contributed by atoms with Gasteiger partial charge in [-0.2, -0.15) is 0 Å². The molecular weight excluding hydrogens is 420 g/mol. The molecule has 0 spiro atoms. The quantitative estimate of drug-likeness (QED) is 0.269. The van der Waals surface area contributed by atoms with E-state index in [9.17, 15) is 0 Å². The summed E-state index contributed by atoms with van der Waals surface area (Å²) in [4.78, 5) is 1.50. The first kappa shape index (κ1) is 18.7.